The summed E-state index contributed by atoms with van der Waals surface area (Å²) in [5, 5.41) is 3.30. The molecule has 0 fully saturated rings. The normalized spacial score (nSPS) is 10.3. The van der Waals surface area contributed by atoms with Gasteiger partial charge in [0.15, 0.2) is 0 Å². The molecule has 0 atom stereocenters. The molecule has 0 spiro atoms. The van der Waals surface area contributed by atoms with Crippen LogP contribution in [0.5, 0.6) is 5.75 Å². The second-order valence-electron chi connectivity index (χ2n) is 4.39. The molecule has 2 rings (SSSR count). The van der Waals surface area contributed by atoms with Crippen LogP contribution in [-0.2, 0) is 6.42 Å². The fraction of sp³-hybridized carbons (Fsp3) is 0.400. The van der Waals surface area contributed by atoms with E-state index in [1.807, 2.05) is 25.1 Å². The van der Waals surface area contributed by atoms with E-state index >= 15 is 0 Å². The van der Waals surface area contributed by atoms with Crippen molar-refractivity contribution in [3.8, 4) is 17.1 Å². The quantitative estimate of drug-likeness (QED) is 0.876. The molecular formula is C15H20N4O. The largest absolute Gasteiger partial charge is 0.494 e. The fourth-order valence-corrected chi connectivity index (χ4v) is 1.87. The number of ether oxygens (including phenoxy) is 1. The van der Waals surface area contributed by atoms with Gasteiger partial charge in [-0.25, -0.2) is 9.97 Å². The number of nitrogens with zero attached hydrogens (tertiary/aromatic N) is 3. The molecule has 5 nitrogen and oxygen atoms in total. The van der Waals surface area contributed by atoms with Gasteiger partial charge in [0.25, 0.3) is 0 Å². The van der Waals surface area contributed by atoms with Gasteiger partial charge in [-0.1, -0.05) is 13.8 Å². The van der Waals surface area contributed by atoms with Crippen molar-refractivity contribution in [2.75, 3.05) is 19.0 Å². The standard InChI is InChI=1S/C15H20N4O/c1-4-8-16-14-10-11(18-13(5-2)19-14)15-12(20-3)7-6-9-17-15/h6-7,9-10H,4-5,8H2,1-3H3,(H,16,18,19). The minimum atomic E-state index is 0.717. The maximum absolute atomic E-state index is 5.35. The Kier molecular flexibility index (Phi) is 4.87. The first-order chi connectivity index (χ1) is 9.78. The number of hydrogen-bond acceptors (Lipinski definition) is 5. The highest BCUT2D eigenvalue weighted by atomic mass is 16.5. The van der Waals surface area contributed by atoms with Crippen molar-refractivity contribution < 1.29 is 4.74 Å². The Labute approximate surface area is 119 Å². The molecule has 0 amide bonds. The van der Waals surface area contributed by atoms with E-state index in [4.69, 9.17) is 4.74 Å². The number of pyridine rings is 1. The SMILES string of the molecule is CCCNc1cc(-c2ncccc2OC)nc(CC)n1. The second kappa shape index (κ2) is 6.84. The van der Waals surface area contributed by atoms with E-state index in [1.165, 1.54) is 0 Å². The summed E-state index contributed by atoms with van der Waals surface area (Å²) >= 11 is 0. The lowest BCUT2D eigenvalue weighted by molar-refractivity contribution is 0.414. The highest BCUT2D eigenvalue weighted by Crippen LogP contribution is 2.27. The molecular weight excluding hydrogens is 252 g/mol. The van der Waals surface area contributed by atoms with Gasteiger partial charge in [0.05, 0.1) is 12.8 Å². The number of hydrogen-bond donors (Lipinski definition) is 1. The summed E-state index contributed by atoms with van der Waals surface area (Å²) < 4.78 is 5.35. The van der Waals surface area contributed by atoms with Gasteiger partial charge in [0.1, 0.15) is 23.1 Å². The molecule has 0 aromatic carbocycles. The fourth-order valence-electron chi connectivity index (χ4n) is 1.87. The zero-order valence-corrected chi connectivity index (χ0v) is 12.2. The van der Waals surface area contributed by atoms with Crippen molar-refractivity contribution in [2.24, 2.45) is 0 Å². The van der Waals surface area contributed by atoms with Gasteiger partial charge in [-0.15, -0.1) is 0 Å². The van der Waals surface area contributed by atoms with Crippen LogP contribution in [0.25, 0.3) is 11.4 Å². The zero-order valence-electron chi connectivity index (χ0n) is 12.2. The van der Waals surface area contributed by atoms with Crippen LogP contribution in [-0.4, -0.2) is 28.6 Å². The number of aryl methyl sites for hydroxylation is 1. The van der Waals surface area contributed by atoms with Gasteiger partial charge in [0, 0.05) is 25.2 Å². The smallest absolute Gasteiger partial charge is 0.146 e. The maximum Gasteiger partial charge on any atom is 0.146 e. The van der Waals surface area contributed by atoms with E-state index in [0.29, 0.717) is 0 Å². The molecule has 0 bridgehead atoms. The topological polar surface area (TPSA) is 59.9 Å². The van der Waals surface area contributed by atoms with Gasteiger partial charge in [-0.3, -0.25) is 4.98 Å². The average Bonchev–Trinajstić information content (AvgIpc) is 2.52. The zero-order chi connectivity index (χ0) is 14.4. The van der Waals surface area contributed by atoms with Crippen LogP contribution >= 0.6 is 0 Å². The van der Waals surface area contributed by atoms with Crippen LogP contribution in [0.1, 0.15) is 26.1 Å². The summed E-state index contributed by atoms with van der Waals surface area (Å²) in [5.74, 6) is 2.35. The molecule has 1 N–H and O–H groups in total. The summed E-state index contributed by atoms with van der Waals surface area (Å²) in [6, 6.07) is 5.65. The van der Waals surface area contributed by atoms with Crippen molar-refractivity contribution >= 4 is 5.82 Å². The molecule has 0 radical (unpaired) electrons. The Balaban J connectivity index is 2.44. The number of methoxy groups -OCH3 is 1. The minimum Gasteiger partial charge on any atom is -0.494 e. The van der Waals surface area contributed by atoms with Crippen molar-refractivity contribution in [2.45, 2.75) is 26.7 Å². The van der Waals surface area contributed by atoms with Crippen LogP contribution < -0.4 is 10.1 Å². The number of anilines is 1. The highest BCUT2D eigenvalue weighted by molar-refractivity contribution is 5.65. The van der Waals surface area contributed by atoms with Gasteiger partial charge >= 0.3 is 0 Å². The number of aromatic nitrogens is 3. The summed E-state index contributed by atoms with van der Waals surface area (Å²) in [6.07, 6.45) is 3.57. The molecule has 2 aromatic heterocycles. The Morgan fingerprint density at radius 2 is 2.10 bits per heavy atom. The van der Waals surface area contributed by atoms with Crippen molar-refractivity contribution in [3.63, 3.8) is 0 Å². The molecule has 0 saturated carbocycles. The number of rotatable bonds is 6. The molecule has 0 unspecified atom stereocenters. The Hall–Kier alpha value is -2.17. The lowest BCUT2D eigenvalue weighted by Crippen LogP contribution is -2.06. The third-order valence-corrected chi connectivity index (χ3v) is 2.88. The third-order valence-electron chi connectivity index (χ3n) is 2.88. The van der Waals surface area contributed by atoms with Crippen LogP contribution in [0, 0.1) is 0 Å². The predicted octanol–water partition coefficient (Wildman–Crippen LogP) is 2.93. The Morgan fingerprint density at radius 3 is 2.80 bits per heavy atom. The van der Waals surface area contributed by atoms with E-state index < -0.39 is 0 Å². The lowest BCUT2D eigenvalue weighted by atomic mass is 10.2. The predicted molar refractivity (Wildman–Crippen MR) is 80.0 cm³/mol. The van der Waals surface area contributed by atoms with Crippen LogP contribution in [0.4, 0.5) is 5.82 Å². The van der Waals surface area contributed by atoms with E-state index in [1.54, 1.807) is 13.3 Å². The number of nitrogens with one attached hydrogen (secondary N) is 1. The minimum absolute atomic E-state index is 0.717. The Bertz CT molecular complexity index is 572. The second-order valence-corrected chi connectivity index (χ2v) is 4.39. The van der Waals surface area contributed by atoms with Gasteiger partial charge in [0.2, 0.25) is 0 Å². The first-order valence-corrected chi connectivity index (χ1v) is 6.89. The summed E-state index contributed by atoms with van der Waals surface area (Å²) in [7, 11) is 1.64. The average molecular weight is 272 g/mol. The molecule has 0 aliphatic carbocycles. The Morgan fingerprint density at radius 1 is 1.25 bits per heavy atom. The van der Waals surface area contributed by atoms with E-state index in [0.717, 1.165) is 48.2 Å². The first-order valence-electron chi connectivity index (χ1n) is 6.89. The van der Waals surface area contributed by atoms with Crippen LogP contribution in [0.3, 0.4) is 0 Å². The molecule has 5 heteroatoms. The molecule has 0 saturated heterocycles. The van der Waals surface area contributed by atoms with Crippen molar-refractivity contribution in [1.82, 2.24) is 15.0 Å². The maximum atomic E-state index is 5.35. The van der Waals surface area contributed by atoms with Crippen LogP contribution in [0.2, 0.25) is 0 Å². The molecule has 2 heterocycles. The molecule has 106 valence electrons. The van der Waals surface area contributed by atoms with Gasteiger partial charge < -0.3 is 10.1 Å². The van der Waals surface area contributed by atoms with Crippen LogP contribution in [0.15, 0.2) is 24.4 Å². The highest BCUT2D eigenvalue weighted by Gasteiger charge is 2.11. The van der Waals surface area contributed by atoms with E-state index in [2.05, 4.69) is 27.2 Å². The van der Waals surface area contributed by atoms with Crippen molar-refractivity contribution in [1.29, 1.82) is 0 Å². The van der Waals surface area contributed by atoms with Gasteiger partial charge in [-0.2, -0.15) is 0 Å². The molecule has 2 aromatic rings. The molecule has 0 aliphatic heterocycles. The monoisotopic (exact) mass is 272 g/mol. The summed E-state index contributed by atoms with van der Waals surface area (Å²) in [5.41, 5.74) is 1.53. The third kappa shape index (κ3) is 3.23. The van der Waals surface area contributed by atoms with E-state index in [9.17, 15) is 0 Å². The summed E-state index contributed by atoms with van der Waals surface area (Å²) in [6.45, 7) is 5.05. The lowest BCUT2D eigenvalue weighted by Gasteiger charge is -2.10. The summed E-state index contributed by atoms with van der Waals surface area (Å²) in [4.78, 5) is 13.4. The van der Waals surface area contributed by atoms with Crippen molar-refractivity contribution in [3.05, 3.63) is 30.2 Å². The molecule has 0 aliphatic rings. The first kappa shape index (κ1) is 14.2. The van der Waals surface area contributed by atoms with E-state index in [-0.39, 0.29) is 0 Å². The van der Waals surface area contributed by atoms with Gasteiger partial charge in [-0.05, 0) is 18.6 Å². The molecule has 20 heavy (non-hydrogen) atoms.